The van der Waals surface area contributed by atoms with Gasteiger partial charge in [-0.25, -0.2) is 4.98 Å². The van der Waals surface area contributed by atoms with E-state index in [2.05, 4.69) is 37.8 Å². The number of fused-ring (bicyclic) bond motifs is 1. The zero-order valence-corrected chi connectivity index (χ0v) is 20.1. The van der Waals surface area contributed by atoms with Crippen molar-refractivity contribution >= 4 is 56.0 Å². The molecule has 7 heteroatoms. The molecule has 2 aromatic carbocycles. The summed E-state index contributed by atoms with van der Waals surface area (Å²) < 4.78 is 1.13. The van der Waals surface area contributed by atoms with Gasteiger partial charge in [-0.1, -0.05) is 42.9 Å². The van der Waals surface area contributed by atoms with Crippen LogP contribution in [0, 0.1) is 6.92 Å². The lowest BCUT2D eigenvalue weighted by molar-refractivity contribution is -0.118. The van der Waals surface area contributed by atoms with Crippen molar-refractivity contribution in [2.75, 3.05) is 36.8 Å². The van der Waals surface area contributed by atoms with Crippen LogP contribution in [0.15, 0.2) is 47.4 Å². The Morgan fingerprint density at radius 3 is 2.53 bits per heavy atom. The monoisotopic (exact) mass is 461 g/mol. The topological polar surface area (TPSA) is 36.4 Å². The minimum atomic E-state index is 0.124. The number of thioether (sulfide) groups is 1. The van der Waals surface area contributed by atoms with Crippen molar-refractivity contribution in [3.05, 3.63) is 53.1 Å². The fraction of sp³-hybridized carbons (Fsp3) is 0.391. The Balaban J connectivity index is 1.71. The maximum atomic E-state index is 13.2. The highest BCUT2D eigenvalue weighted by atomic mass is 35.5. The first kappa shape index (κ1) is 23.1. The van der Waals surface area contributed by atoms with Gasteiger partial charge in [0, 0.05) is 35.2 Å². The molecule has 0 aliphatic carbocycles. The Bertz CT molecular complexity index is 970. The molecule has 0 unspecified atom stereocenters. The first-order valence-electron chi connectivity index (χ1n) is 10.3. The fourth-order valence-electron chi connectivity index (χ4n) is 3.17. The van der Waals surface area contributed by atoms with Gasteiger partial charge in [-0.15, -0.1) is 11.8 Å². The fourth-order valence-corrected chi connectivity index (χ4v) is 5.24. The number of hydrogen-bond acceptors (Lipinski definition) is 5. The third kappa shape index (κ3) is 6.20. The molecule has 0 bridgehead atoms. The van der Waals surface area contributed by atoms with E-state index in [1.807, 2.05) is 35.2 Å². The maximum absolute atomic E-state index is 13.2. The highest BCUT2D eigenvalue weighted by Gasteiger charge is 2.20. The van der Waals surface area contributed by atoms with Gasteiger partial charge in [0.05, 0.1) is 10.2 Å². The average Bonchev–Trinajstić information content (AvgIpc) is 3.15. The normalized spacial score (nSPS) is 11.4. The molecule has 4 nitrogen and oxygen atoms in total. The molecule has 1 aromatic heterocycles. The Hall–Kier alpha value is -1.60. The van der Waals surface area contributed by atoms with Crippen LogP contribution in [0.25, 0.3) is 10.2 Å². The van der Waals surface area contributed by atoms with Crippen molar-refractivity contribution in [1.29, 1.82) is 0 Å². The zero-order chi connectivity index (χ0) is 21.5. The summed E-state index contributed by atoms with van der Waals surface area (Å²) in [6.07, 6.45) is 0.473. The van der Waals surface area contributed by atoms with Gasteiger partial charge in [0.1, 0.15) is 0 Å². The number of nitrogens with zero attached hydrogens (tertiary/aromatic N) is 3. The number of likely N-dealkylation sites (N-methyl/N-ethyl adjacent to an activating group) is 1. The van der Waals surface area contributed by atoms with Crippen LogP contribution >= 0.6 is 34.7 Å². The number of halogens is 1. The van der Waals surface area contributed by atoms with Crippen LogP contribution < -0.4 is 4.90 Å². The SMILES string of the molecule is CCN(CC)CCN(C(=O)CCSc1ccc(Cl)cc1)c1nc2ccc(C)cc2s1. The number of rotatable bonds is 10. The summed E-state index contributed by atoms with van der Waals surface area (Å²) in [7, 11) is 0. The average molecular weight is 462 g/mol. The Morgan fingerprint density at radius 2 is 1.83 bits per heavy atom. The van der Waals surface area contributed by atoms with Gasteiger partial charge in [0.15, 0.2) is 5.13 Å². The number of aryl methyl sites for hydroxylation is 1. The Morgan fingerprint density at radius 1 is 1.10 bits per heavy atom. The number of hydrogen-bond donors (Lipinski definition) is 0. The molecular formula is C23H28ClN3OS2. The molecule has 0 atom stereocenters. The molecular weight excluding hydrogens is 434 g/mol. The van der Waals surface area contributed by atoms with Crippen molar-refractivity contribution in [1.82, 2.24) is 9.88 Å². The van der Waals surface area contributed by atoms with Crippen LogP contribution in [0.4, 0.5) is 5.13 Å². The van der Waals surface area contributed by atoms with E-state index in [0.29, 0.717) is 13.0 Å². The van der Waals surface area contributed by atoms with Crippen LogP contribution in [0.3, 0.4) is 0 Å². The van der Waals surface area contributed by atoms with Crippen molar-refractivity contribution in [3.63, 3.8) is 0 Å². The molecule has 0 aliphatic heterocycles. The molecule has 30 heavy (non-hydrogen) atoms. The summed E-state index contributed by atoms with van der Waals surface area (Å²) in [5.41, 5.74) is 2.16. The Kier molecular flexibility index (Phi) is 8.57. The lowest BCUT2D eigenvalue weighted by Gasteiger charge is -2.24. The first-order chi connectivity index (χ1) is 14.5. The smallest absolute Gasteiger partial charge is 0.229 e. The minimum Gasteiger partial charge on any atom is -0.302 e. The lowest BCUT2D eigenvalue weighted by atomic mass is 10.2. The number of thiazole rings is 1. The molecule has 160 valence electrons. The van der Waals surface area contributed by atoms with Crippen LogP contribution in [-0.2, 0) is 4.79 Å². The van der Waals surface area contributed by atoms with Gasteiger partial charge in [-0.05, 0) is 62.0 Å². The van der Waals surface area contributed by atoms with Crippen LogP contribution in [0.5, 0.6) is 0 Å². The third-order valence-electron chi connectivity index (χ3n) is 5.00. The van der Waals surface area contributed by atoms with Crippen LogP contribution in [0.1, 0.15) is 25.8 Å². The van der Waals surface area contributed by atoms with E-state index in [-0.39, 0.29) is 5.91 Å². The van der Waals surface area contributed by atoms with Gasteiger partial charge in [0.25, 0.3) is 0 Å². The number of aromatic nitrogens is 1. The molecule has 0 saturated heterocycles. The second-order valence-corrected chi connectivity index (χ2v) is 9.71. The molecule has 0 radical (unpaired) electrons. The molecule has 3 rings (SSSR count). The molecule has 0 saturated carbocycles. The van der Waals surface area contributed by atoms with Crippen LogP contribution in [0.2, 0.25) is 5.02 Å². The van der Waals surface area contributed by atoms with Crippen molar-refractivity contribution < 1.29 is 4.79 Å². The van der Waals surface area contributed by atoms with Crippen molar-refractivity contribution in [2.24, 2.45) is 0 Å². The van der Waals surface area contributed by atoms with E-state index in [0.717, 1.165) is 50.7 Å². The maximum Gasteiger partial charge on any atom is 0.229 e. The second kappa shape index (κ2) is 11.1. The van der Waals surface area contributed by atoms with E-state index in [1.165, 1.54) is 5.56 Å². The standard InChI is InChI=1S/C23H28ClN3OS2/c1-4-26(5-2)13-14-27(23-25-20-11-6-17(3)16-21(20)30-23)22(28)12-15-29-19-9-7-18(24)8-10-19/h6-11,16H,4-5,12-15H2,1-3H3. The van der Waals surface area contributed by atoms with Crippen molar-refractivity contribution in [3.8, 4) is 0 Å². The molecule has 0 N–H and O–H groups in total. The molecule has 0 fully saturated rings. The van der Waals surface area contributed by atoms with Crippen LogP contribution in [-0.4, -0.2) is 47.7 Å². The summed E-state index contributed by atoms with van der Waals surface area (Å²) in [4.78, 5) is 23.3. The van der Waals surface area contributed by atoms with Gasteiger partial charge in [0.2, 0.25) is 5.91 Å². The molecule has 0 aliphatic rings. The predicted molar refractivity (Wildman–Crippen MR) is 131 cm³/mol. The number of amides is 1. The second-order valence-electron chi connectivity index (χ2n) is 7.09. The molecule has 3 aromatic rings. The van der Waals surface area contributed by atoms with Gasteiger partial charge >= 0.3 is 0 Å². The van der Waals surface area contributed by atoms with E-state index >= 15 is 0 Å². The van der Waals surface area contributed by atoms with Gasteiger partial charge < -0.3 is 4.90 Å². The number of benzene rings is 2. The van der Waals surface area contributed by atoms with Gasteiger partial charge in [-0.2, -0.15) is 0 Å². The Labute approximate surface area is 192 Å². The highest BCUT2D eigenvalue weighted by molar-refractivity contribution is 7.99. The quantitative estimate of drug-likeness (QED) is 0.341. The summed E-state index contributed by atoms with van der Waals surface area (Å²) in [6.45, 7) is 9.84. The summed E-state index contributed by atoms with van der Waals surface area (Å²) in [5.74, 6) is 0.853. The van der Waals surface area contributed by atoms with E-state index < -0.39 is 0 Å². The largest absolute Gasteiger partial charge is 0.302 e. The predicted octanol–water partition coefficient (Wildman–Crippen LogP) is 6.12. The highest BCUT2D eigenvalue weighted by Crippen LogP contribution is 2.30. The third-order valence-corrected chi connectivity index (χ3v) is 7.30. The number of carbonyl (C=O) groups is 1. The minimum absolute atomic E-state index is 0.124. The first-order valence-corrected chi connectivity index (χ1v) is 12.5. The summed E-state index contributed by atoms with van der Waals surface area (Å²) in [5, 5.41) is 1.52. The van der Waals surface area contributed by atoms with Gasteiger partial charge in [-0.3, -0.25) is 9.69 Å². The van der Waals surface area contributed by atoms with Crippen molar-refractivity contribution in [2.45, 2.75) is 32.1 Å². The summed E-state index contributed by atoms with van der Waals surface area (Å²) in [6, 6.07) is 14.0. The number of carbonyl (C=O) groups excluding carboxylic acids is 1. The summed E-state index contributed by atoms with van der Waals surface area (Å²) >= 11 is 9.23. The molecule has 1 heterocycles. The lowest BCUT2D eigenvalue weighted by Crippen LogP contribution is -2.39. The zero-order valence-electron chi connectivity index (χ0n) is 17.7. The molecule has 1 amide bonds. The van der Waals surface area contributed by atoms with E-state index in [9.17, 15) is 4.79 Å². The number of anilines is 1. The molecule has 0 spiro atoms. The van der Waals surface area contributed by atoms with E-state index in [1.54, 1.807) is 23.1 Å². The van der Waals surface area contributed by atoms with E-state index in [4.69, 9.17) is 16.6 Å².